The van der Waals surface area contributed by atoms with Gasteiger partial charge in [-0.05, 0) is 31.5 Å². The third-order valence-electron chi connectivity index (χ3n) is 3.25. The Kier molecular flexibility index (Phi) is 4.80. The number of methoxy groups -OCH3 is 1. The molecule has 2 aromatic rings. The van der Waals surface area contributed by atoms with Crippen molar-refractivity contribution >= 4 is 17.6 Å². The average Bonchev–Trinajstić information content (AvgIpc) is 2.50. The largest absolute Gasteiger partial charge is 0.865 e. The van der Waals surface area contributed by atoms with E-state index in [4.69, 9.17) is 4.74 Å². The van der Waals surface area contributed by atoms with Gasteiger partial charge in [0.1, 0.15) is 5.75 Å². The molecule has 0 saturated heterocycles. The summed E-state index contributed by atoms with van der Waals surface area (Å²) in [6.45, 7) is 3.95. The fraction of sp³-hybridized carbons (Fsp3) is 0.188. The van der Waals surface area contributed by atoms with Crippen molar-refractivity contribution in [3.05, 3.63) is 57.1 Å². The van der Waals surface area contributed by atoms with Crippen LogP contribution in [0.2, 0.25) is 0 Å². The Labute approximate surface area is 133 Å². The van der Waals surface area contributed by atoms with Gasteiger partial charge in [-0.25, -0.2) is 0 Å². The molecule has 23 heavy (non-hydrogen) atoms. The van der Waals surface area contributed by atoms with Crippen LogP contribution in [-0.4, -0.2) is 18.2 Å². The first kappa shape index (κ1) is 16.3. The van der Waals surface area contributed by atoms with Crippen LogP contribution in [0.4, 0.5) is 11.4 Å². The van der Waals surface area contributed by atoms with Crippen LogP contribution in [0.1, 0.15) is 16.7 Å². The smallest absolute Gasteiger partial charge is 0.266 e. The summed E-state index contributed by atoms with van der Waals surface area (Å²) in [5, 5.41) is 26.7. The summed E-state index contributed by atoms with van der Waals surface area (Å²) in [6, 6.07) is 8.43. The SMILES string of the molecule is COc1cc(/C=N\Nc2ccc(C)cc2C)cc([N+](=O)[O-])c1[O-]. The Balaban J connectivity index is 2.25. The summed E-state index contributed by atoms with van der Waals surface area (Å²) < 4.78 is 4.87. The van der Waals surface area contributed by atoms with E-state index in [9.17, 15) is 15.2 Å². The monoisotopic (exact) mass is 314 g/mol. The third kappa shape index (κ3) is 3.76. The molecule has 0 aliphatic heterocycles. The number of aryl methyl sites for hydroxylation is 2. The van der Waals surface area contributed by atoms with Crippen LogP contribution in [0, 0.1) is 24.0 Å². The topological polar surface area (TPSA) is 99.8 Å². The summed E-state index contributed by atoms with van der Waals surface area (Å²) in [7, 11) is 1.29. The van der Waals surface area contributed by atoms with Crippen molar-refractivity contribution < 1.29 is 14.8 Å². The lowest BCUT2D eigenvalue weighted by Gasteiger charge is -2.13. The molecule has 0 bridgehead atoms. The zero-order valence-electron chi connectivity index (χ0n) is 13.0. The molecule has 0 heterocycles. The Morgan fingerprint density at radius 1 is 1.26 bits per heavy atom. The first-order valence-electron chi connectivity index (χ1n) is 6.82. The molecule has 0 aliphatic rings. The van der Waals surface area contributed by atoms with Gasteiger partial charge >= 0.3 is 0 Å². The molecule has 2 aromatic carbocycles. The standard InChI is InChI=1S/C16H17N3O4/c1-10-4-5-13(11(2)6-10)18-17-9-12-7-14(19(21)22)16(20)15(8-12)23-3/h4-9,18,20H,1-3H3/p-1/b17-9-. The minimum atomic E-state index is -0.753. The third-order valence-corrected chi connectivity index (χ3v) is 3.25. The van der Waals surface area contributed by atoms with Crippen LogP contribution in [0.15, 0.2) is 35.4 Å². The van der Waals surface area contributed by atoms with Gasteiger partial charge in [0.2, 0.25) is 0 Å². The van der Waals surface area contributed by atoms with Crippen molar-refractivity contribution in [1.82, 2.24) is 0 Å². The van der Waals surface area contributed by atoms with Gasteiger partial charge in [0.15, 0.2) is 0 Å². The predicted octanol–water partition coefficient (Wildman–Crippen LogP) is 2.74. The van der Waals surface area contributed by atoms with E-state index in [1.165, 1.54) is 19.4 Å². The van der Waals surface area contributed by atoms with E-state index in [1.54, 1.807) is 0 Å². The van der Waals surface area contributed by atoms with Crippen LogP contribution in [0.25, 0.3) is 0 Å². The van der Waals surface area contributed by atoms with Gasteiger partial charge in [-0.15, -0.1) is 0 Å². The first-order chi connectivity index (χ1) is 10.9. The van der Waals surface area contributed by atoms with Gasteiger partial charge in [0.05, 0.1) is 23.9 Å². The number of nitro groups is 1. The lowest BCUT2D eigenvalue weighted by molar-refractivity contribution is -0.398. The zero-order chi connectivity index (χ0) is 17.0. The van der Waals surface area contributed by atoms with E-state index in [0.717, 1.165) is 22.9 Å². The fourth-order valence-electron chi connectivity index (χ4n) is 2.09. The number of nitro benzene ring substituents is 1. The summed E-state index contributed by atoms with van der Waals surface area (Å²) in [5.41, 5.74) is 5.72. The van der Waals surface area contributed by atoms with E-state index >= 15 is 0 Å². The molecule has 0 aromatic heterocycles. The molecular weight excluding hydrogens is 298 g/mol. The Morgan fingerprint density at radius 3 is 2.61 bits per heavy atom. The van der Waals surface area contributed by atoms with Gasteiger partial charge in [0.25, 0.3) is 5.69 Å². The van der Waals surface area contributed by atoms with Crippen molar-refractivity contribution in [2.75, 3.05) is 12.5 Å². The maximum atomic E-state index is 11.7. The normalized spacial score (nSPS) is 10.7. The first-order valence-corrected chi connectivity index (χ1v) is 6.82. The molecule has 1 N–H and O–H groups in total. The molecule has 0 aliphatic carbocycles. The maximum Gasteiger partial charge on any atom is 0.266 e. The van der Waals surface area contributed by atoms with Gasteiger partial charge in [-0.3, -0.25) is 15.5 Å². The Bertz CT molecular complexity index is 772. The van der Waals surface area contributed by atoms with E-state index in [1.807, 2.05) is 32.0 Å². The molecule has 0 fully saturated rings. The van der Waals surface area contributed by atoms with E-state index in [0.29, 0.717) is 5.56 Å². The molecule has 0 radical (unpaired) electrons. The minimum absolute atomic E-state index is 0.0906. The second-order valence-electron chi connectivity index (χ2n) is 5.02. The highest BCUT2D eigenvalue weighted by Crippen LogP contribution is 2.33. The number of nitrogens with one attached hydrogen (secondary N) is 1. The van der Waals surface area contributed by atoms with E-state index < -0.39 is 16.4 Å². The molecule has 0 atom stereocenters. The Morgan fingerprint density at radius 2 is 2.00 bits per heavy atom. The molecule has 0 amide bonds. The van der Waals surface area contributed by atoms with Crippen molar-refractivity contribution in [2.45, 2.75) is 13.8 Å². The van der Waals surface area contributed by atoms with Crippen LogP contribution in [-0.2, 0) is 0 Å². The van der Waals surface area contributed by atoms with Crippen molar-refractivity contribution in [3.63, 3.8) is 0 Å². The molecule has 2 rings (SSSR count). The highest BCUT2D eigenvalue weighted by Gasteiger charge is 2.12. The highest BCUT2D eigenvalue weighted by atomic mass is 16.6. The number of rotatable bonds is 5. The lowest BCUT2D eigenvalue weighted by Crippen LogP contribution is -2.02. The molecular formula is C16H16N3O4-. The number of benzene rings is 2. The predicted molar refractivity (Wildman–Crippen MR) is 86.2 cm³/mol. The second kappa shape index (κ2) is 6.78. The summed E-state index contributed by atoms with van der Waals surface area (Å²) in [5.74, 6) is -0.843. The van der Waals surface area contributed by atoms with Crippen LogP contribution >= 0.6 is 0 Å². The number of hydrazone groups is 1. The van der Waals surface area contributed by atoms with Crippen LogP contribution < -0.4 is 15.3 Å². The molecule has 120 valence electrons. The minimum Gasteiger partial charge on any atom is -0.865 e. The van der Waals surface area contributed by atoms with Crippen LogP contribution in [0.5, 0.6) is 11.5 Å². The summed E-state index contributed by atoms with van der Waals surface area (Å²) >= 11 is 0. The second-order valence-corrected chi connectivity index (χ2v) is 5.02. The Hall–Kier alpha value is -3.09. The molecule has 0 unspecified atom stereocenters. The number of nitrogens with zero attached hydrogens (tertiary/aromatic N) is 2. The zero-order valence-corrected chi connectivity index (χ0v) is 13.0. The lowest BCUT2D eigenvalue weighted by atomic mass is 10.1. The number of anilines is 1. The van der Waals surface area contributed by atoms with Crippen molar-refractivity contribution in [2.24, 2.45) is 5.10 Å². The maximum absolute atomic E-state index is 11.7. The number of hydrogen-bond donors (Lipinski definition) is 1. The highest BCUT2D eigenvalue weighted by molar-refractivity contribution is 5.83. The molecule has 7 heteroatoms. The number of ether oxygens (including phenoxy) is 1. The van der Waals surface area contributed by atoms with Gasteiger partial charge < -0.3 is 9.84 Å². The fourth-order valence-corrected chi connectivity index (χ4v) is 2.09. The van der Waals surface area contributed by atoms with E-state index in [-0.39, 0.29) is 5.75 Å². The van der Waals surface area contributed by atoms with Crippen LogP contribution in [0.3, 0.4) is 0 Å². The quantitative estimate of drug-likeness (QED) is 0.519. The summed E-state index contributed by atoms with van der Waals surface area (Å²) in [4.78, 5) is 10.2. The molecule has 7 nitrogen and oxygen atoms in total. The van der Waals surface area contributed by atoms with Gasteiger partial charge in [-0.1, -0.05) is 17.7 Å². The molecule has 0 saturated carbocycles. The molecule has 0 spiro atoms. The van der Waals surface area contributed by atoms with Gasteiger partial charge in [-0.2, -0.15) is 5.10 Å². The number of hydrogen-bond acceptors (Lipinski definition) is 6. The van der Waals surface area contributed by atoms with Gasteiger partial charge in [0, 0.05) is 17.4 Å². The average molecular weight is 314 g/mol. The summed E-state index contributed by atoms with van der Waals surface area (Å²) in [6.07, 6.45) is 1.40. The van der Waals surface area contributed by atoms with E-state index in [2.05, 4.69) is 10.5 Å². The van der Waals surface area contributed by atoms with Crippen molar-refractivity contribution in [1.29, 1.82) is 0 Å². The van der Waals surface area contributed by atoms with Crippen molar-refractivity contribution in [3.8, 4) is 11.5 Å².